The van der Waals surface area contributed by atoms with Gasteiger partial charge in [-0.3, -0.25) is 4.79 Å². The Balaban J connectivity index is 1.58. The fourth-order valence-corrected chi connectivity index (χ4v) is 4.34. The van der Waals surface area contributed by atoms with Gasteiger partial charge in [0.05, 0.1) is 30.7 Å². The second kappa shape index (κ2) is 9.25. The molecular formula is C25H29N3O3. The first-order valence-corrected chi connectivity index (χ1v) is 10.8. The monoisotopic (exact) mass is 419 g/mol. The summed E-state index contributed by atoms with van der Waals surface area (Å²) in [5.41, 5.74) is 3.08. The lowest BCUT2D eigenvalue weighted by Crippen LogP contribution is -2.30. The van der Waals surface area contributed by atoms with Gasteiger partial charge in [0.25, 0.3) is 0 Å². The Morgan fingerprint density at radius 2 is 2.06 bits per heavy atom. The molecule has 6 heteroatoms. The Morgan fingerprint density at radius 1 is 1.23 bits per heavy atom. The molecule has 162 valence electrons. The molecule has 4 rings (SSSR count). The van der Waals surface area contributed by atoms with Crippen molar-refractivity contribution in [3.63, 3.8) is 0 Å². The molecule has 0 N–H and O–H groups in total. The number of imidazole rings is 1. The molecule has 3 aromatic rings. The van der Waals surface area contributed by atoms with E-state index in [9.17, 15) is 4.79 Å². The standard InChI is InChI=1S/C25H29N3O3/c1-4-8-19-12-13-23(24(17-19)30-3)31-16-15-28-21-10-6-5-9-20(21)26-25(28)22-11-7-14-27(22)18(2)29/h4-6,8-10,12-13,17,22H,7,11,14-16H2,1-3H3. The van der Waals surface area contributed by atoms with E-state index in [1.807, 2.05) is 60.4 Å². The van der Waals surface area contributed by atoms with Crippen molar-refractivity contribution in [1.82, 2.24) is 14.5 Å². The van der Waals surface area contributed by atoms with Crippen LogP contribution in [0.15, 0.2) is 48.5 Å². The van der Waals surface area contributed by atoms with Crippen LogP contribution in [0.4, 0.5) is 0 Å². The van der Waals surface area contributed by atoms with E-state index in [0.717, 1.165) is 41.8 Å². The van der Waals surface area contributed by atoms with E-state index in [2.05, 4.69) is 10.6 Å². The zero-order valence-electron chi connectivity index (χ0n) is 18.4. The summed E-state index contributed by atoms with van der Waals surface area (Å²) in [6, 6.07) is 14.0. The van der Waals surface area contributed by atoms with Crippen LogP contribution in [0.2, 0.25) is 0 Å². The predicted molar refractivity (Wildman–Crippen MR) is 122 cm³/mol. The molecule has 0 bridgehead atoms. The number of aromatic nitrogens is 2. The highest BCUT2D eigenvalue weighted by atomic mass is 16.5. The Bertz CT molecular complexity index is 1100. The van der Waals surface area contributed by atoms with Crippen LogP contribution in [-0.4, -0.2) is 40.6 Å². The maximum Gasteiger partial charge on any atom is 0.220 e. The van der Waals surface area contributed by atoms with Crippen LogP contribution in [0.3, 0.4) is 0 Å². The summed E-state index contributed by atoms with van der Waals surface area (Å²) in [6.45, 7) is 5.52. The van der Waals surface area contributed by atoms with E-state index in [0.29, 0.717) is 24.7 Å². The summed E-state index contributed by atoms with van der Waals surface area (Å²) in [5, 5.41) is 0. The minimum absolute atomic E-state index is 0.0135. The highest BCUT2D eigenvalue weighted by Crippen LogP contribution is 2.34. The molecule has 1 aliphatic rings. The van der Waals surface area contributed by atoms with Crippen molar-refractivity contribution in [2.24, 2.45) is 0 Å². The maximum absolute atomic E-state index is 12.1. The first-order chi connectivity index (χ1) is 15.1. The van der Waals surface area contributed by atoms with Crippen molar-refractivity contribution in [3.05, 3.63) is 59.9 Å². The van der Waals surface area contributed by atoms with E-state index in [-0.39, 0.29) is 11.9 Å². The van der Waals surface area contributed by atoms with Gasteiger partial charge in [-0.05, 0) is 49.6 Å². The molecule has 1 saturated heterocycles. The topological polar surface area (TPSA) is 56.6 Å². The predicted octanol–water partition coefficient (Wildman–Crippen LogP) is 4.84. The number of likely N-dealkylation sites (tertiary alicyclic amines) is 1. The number of carbonyl (C=O) groups is 1. The fourth-order valence-electron chi connectivity index (χ4n) is 4.34. The highest BCUT2D eigenvalue weighted by molar-refractivity contribution is 5.77. The zero-order valence-corrected chi connectivity index (χ0v) is 18.4. The number of hydrogen-bond donors (Lipinski definition) is 0. The van der Waals surface area contributed by atoms with Gasteiger partial charge >= 0.3 is 0 Å². The summed E-state index contributed by atoms with van der Waals surface area (Å²) in [6.07, 6.45) is 5.95. The third-order valence-corrected chi connectivity index (χ3v) is 5.76. The lowest BCUT2D eigenvalue weighted by atomic mass is 10.2. The van der Waals surface area contributed by atoms with Crippen LogP contribution in [0, 0.1) is 0 Å². The number of allylic oxidation sites excluding steroid dienone is 1. The molecule has 1 aliphatic heterocycles. The number of rotatable bonds is 7. The molecule has 1 fully saturated rings. The van der Waals surface area contributed by atoms with E-state index >= 15 is 0 Å². The average Bonchev–Trinajstić information content (AvgIpc) is 3.40. The molecule has 1 atom stereocenters. The van der Waals surface area contributed by atoms with Crippen LogP contribution in [0.5, 0.6) is 11.5 Å². The van der Waals surface area contributed by atoms with Gasteiger partial charge in [0, 0.05) is 13.5 Å². The summed E-state index contributed by atoms with van der Waals surface area (Å²) < 4.78 is 13.8. The molecule has 0 aliphatic carbocycles. The molecule has 31 heavy (non-hydrogen) atoms. The van der Waals surface area contributed by atoms with Crippen molar-refractivity contribution in [1.29, 1.82) is 0 Å². The third kappa shape index (κ3) is 4.29. The molecule has 2 heterocycles. The molecule has 1 amide bonds. The molecule has 1 aromatic heterocycles. The first kappa shape index (κ1) is 21.0. The van der Waals surface area contributed by atoms with Crippen LogP contribution in [-0.2, 0) is 11.3 Å². The smallest absolute Gasteiger partial charge is 0.220 e. The van der Waals surface area contributed by atoms with E-state index in [1.54, 1.807) is 14.0 Å². The summed E-state index contributed by atoms with van der Waals surface area (Å²) in [7, 11) is 1.65. The summed E-state index contributed by atoms with van der Waals surface area (Å²) >= 11 is 0. The van der Waals surface area contributed by atoms with Gasteiger partial charge in [-0.1, -0.05) is 30.4 Å². The van der Waals surface area contributed by atoms with E-state index in [4.69, 9.17) is 14.5 Å². The van der Waals surface area contributed by atoms with Gasteiger partial charge in [-0.25, -0.2) is 4.98 Å². The summed E-state index contributed by atoms with van der Waals surface area (Å²) in [4.78, 5) is 19.0. The zero-order chi connectivity index (χ0) is 21.8. The van der Waals surface area contributed by atoms with Crippen molar-refractivity contribution in [3.8, 4) is 11.5 Å². The number of ether oxygens (including phenoxy) is 2. The minimum Gasteiger partial charge on any atom is -0.493 e. The Kier molecular flexibility index (Phi) is 6.26. The summed E-state index contributed by atoms with van der Waals surface area (Å²) in [5.74, 6) is 2.47. The number of nitrogens with zero attached hydrogens (tertiary/aromatic N) is 3. The van der Waals surface area contributed by atoms with Gasteiger partial charge < -0.3 is 18.9 Å². The molecule has 0 radical (unpaired) electrons. The number of amides is 1. The van der Waals surface area contributed by atoms with Crippen LogP contribution < -0.4 is 9.47 Å². The van der Waals surface area contributed by atoms with E-state index < -0.39 is 0 Å². The quantitative estimate of drug-likeness (QED) is 0.550. The SMILES string of the molecule is CC=Cc1ccc(OCCn2c(C3CCCN3C(C)=O)nc3ccccc32)c(OC)c1. The number of fused-ring (bicyclic) bond motifs is 1. The second-order valence-electron chi connectivity index (χ2n) is 7.74. The van der Waals surface area contributed by atoms with Gasteiger partial charge in [0.1, 0.15) is 12.4 Å². The number of hydrogen-bond acceptors (Lipinski definition) is 4. The number of benzene rings is 2. The van der Waals surface area contributed by atoms with Crippen LogP contribution in [0.1, 0.15) is 44.1 Å². The molecule has 2 aromatic carbocycles. The Hall–Kier alpha value is -3.28. The van der Waals surface area contributed by atoms with E-state index in [1.165, 1.54) is 0 Å². The van der Waals surface area contributed by atoms with Crippen molar-refractivity contribution in [2.45, 2.75) is 39.3 Å². The van der Waals surface area contributed by atoms with Gasteiger partial charge in [0.15, 0.2) is 11.5 Å². The molecule has 0 saturated carbocycles. The van der Waals surface area contributed by atoms with Crippen LogP contribution in [0.25, 0.3) is 17.1 Å². The number of methoxy groups -OCH3 is 1. The minimum atomic E-state index is 0.0135. The first-order valence-electron chi connectivity index (χ1n) is 10.8. The lowest BCUT2D eigenvalue weighted by Gasteiger charge is -2.24. The Morgan fingerprint density at radius 3 is 2.84 bits per heavy atom. The number of carbonyl (C=O) groups excluding carboxylic acids is 1. The molecule has 0 spiro atoms. The third-order valence-electron chi connectivity index (χ3n) is 5.76. The van der Waals surface area contributed by atoms with Crippen molar-refractivity contribution in [2.75, 3.05) is 20.3 Å². The Labute approximate surface area is 183 Å². The van der Waals surface area contributed by atoms with Crippen molar-refractivity contribution < 1.29 is 14.3 Å². The largest absolute Gasteiger partial charge is 0.493 e. The molecular weight excluding hydrogens is 390 g/mol. The lowest BCUT2D eigenvalue weighted by molar-refractivity contribution is -0.129. The van der Waals surface area contributed by atoms with Gasteiger partial charge in [-0.2, -0.15) is 0 Å². The van der Waals surface area contributed by atoms with Crippen molar-refractivity contribution >= 4 is 23.0 Å². The number of para-hydroxylation sites is 2. The average molecular weight is 420 g/mol. The second-order valence-corrected chi connectivity index (χ2v) is 7.74. The maximum atomic E-state index is 12.1. The normalized spacial score (nSPS) is 16.4. The molecule has 1 unspecified atom stereocenters. The van der Waals surface area contributed by atoms with Crippen LogP contribution >= 0.6 is 0 Å². The molecule has 6 nitrogen and oxygen atoms in total. The highest BCUT2D eigenvalue weighted by Gasteiger charge is 2.32. The fraction of sp³-hybridized carbons (Fsp3) is 0.360. The van der Waals surface area contributed by atoms with Gasteiger partial charge in [-0.15, -0.1) is 0 Å². The van der Waals surface area contributed by atoms with Gasteiger partial charge in [0.2, 0.25) is 5.91 Å².